The summed E-state index contributed by atoms with van der Waals surface area (Å²) in [6.07, 6.45) is 0. The Bertz CT molecular complexity index is 360. The van der Waals surface area contributed by atoms with E-state index in [0.717, 1.165) is 5.56 Å². The minimum atomic E-state index is 0.0217. The van der Waals surface area contributed by atoms with Gasteiger partial charge in [0.15, 0.2) is 0 Å². The van der Waals surface area contributed by atoms with Crippen molar-refractivity contribution in [2.75, 3.05) is 6.54 Å². The maximum Gasteiger partial charge on any atom is 0.254 e. The summed E-state index contributed by atoms with van der Waals surface area (Å²) in [4.78, 5) is 13.3. The van der Waals surface area contributed by atoms with Crippen LogP contribution in [0.2, 0.25) is 0 Å². The van der Waals surface area contributed by atoms with E-state index in [-0.39, 0.29) is 11.7 Å². The zero-order chi connectivity index (χ0) is 9.42. The van der Waals surface area contributed by atoms with Gasteiger partial charge in [-0.3, -0.25) is 4.79 Å². The normalized spacial score (nSPS) is 14.8. The Balaban J connectivity index is 2.45. The highest BCUT2D eigenvalue weighted by Gasteiger charge is 2.25. The quantitative estimate of drug-likeness (QED) is 0.703. The molecule has 1 aliphatic rings. The van der Waals surface area contributed by atoms with Crippen LogP contribution in [-0.2, 0) is 6.54 Å². The number of benzene rings is 1. The number of carbonyl (C=O) groups excluding carboxylic acids is 1. The van der Waals surface area contributed by atoms with Crippen LogP contribution < -0.4 is 0 Å². The fourth-order valence-corrected chi connectivity index (χ4v) is 1.60. The highest BCUT2D eigenvalue weighted by atomic mass is 16.3. The predicted molar refractivity (Wildman–Crippen MR) is 48.5 cm³/mol. The van der Waals surface area contributed by atoms with Crippen molar-refractivity contribution in [2.45, 2.75) is 13.5 Å². The summed E-state index contributed by atoms with van der Waals surface area (Å²) in [5.41, 5.74) is 1.64. The van der Waals surface area contributed by atoms with Crippen LogP contribution in [0.15, 0.2) is 18.2 Å². The molecule has 1 aromatic carbocycles. The molecule has 1 heterocycles. The van der Waals surface area contributed by atoms with Crippen LogP contribution in [0.3, 0.4) is 0 Å². The van der Waals surface area contributed by atoms with E-state index in [0.29, 0.717) is 18.7 Å². The van der Waals surface area contributed by atoms with Gasteiger partial charge < -0.3 is 10.0 Å². The lowest BCUT2D eigenvalue weighted by molar-refractivity contribution is 0.0787. The second kappa shape index (κ2) is 2.76. The first-order chi connectivity index (χ1) is 6.22. The molecule has 1 N–H and O–H groups in total. The second-order valence-electron chi connectivity index (χ2n) is 3.16. The summed E-state index contributed by atoms with van der Waals surface area (Å²) in [5, 5.41) is 9.20. The van der Waals surface area contributed by atoms with Crippen molar-refractivity contribution in [2.24, 2.45) is 0 Å². The van der Waals surface area contributed by atoms with Crippen LogP contribution in [0.25, 0.3) is 0 Å². The van der Waals surface area contributed by atoms with Gasteiger partial charge in [-0.25, -0.2) is 0 Å². The first kappa shape index (κ1) is 8.10. The Morgan fingerprint density at radius 1 is 1.54 bits per heavy atom. The molecular weight excluding hydrogens is 166 g/mol. The number of amides is 1. The lowest BCUT2D eigenvalue weighted by Gasteiger charge is -2.10. The van der Waals surface area contributed by atoms with Crippen LogP contribution in [0, 0.1) is 0 Å². The minimum absolute atomic E-state index is 0.0217. The van der Waals surface area contributed by atoms with E-state index in [1.165, 1.54) is 6.07 Å². The molecule has 0 saturated heterocycles. The summed E-state index contributed by atoms with van der Waals surface area (Å²) in [6.45, 7) is 3.34. The number of hydrogen-bond acceptors (Lipinski definition) is 2. The van der Waals surface area contributed by atoms with Gasteiger partial charge in [-0.1, -0.05) is 6.07 Å². The van der Waals surface area contributed by atoms with Gasteiger partial charge in [0.25, 0.3) is 5.91 Å². The first-order valence-corrected chi connectivity index (χ1v) is 4.33. The smallest absolute Gasteiger partial charge is 0.254 e. The highest BCUT2D eigenvalue weighted by molar-refractivity contribution is 5.98. The van der Waals surface area contributed by atoms with Gasteiger partial charge in [0.2, 0.25) is 0 Å². The number of phenolic OH excluding ortho intramolecular Hbond substituents is 1. The van der Waals surface area contributed by atoms with Crippen LogP contribution in [0.1, 0.15) is 22.8 Å². The van der Waals surface area contributed by atoms with Crippen molar-refractivity contribution in [3.8, 4) is 5.75 Å². The van der Waals surface area contributed by atoms with Crippen molar-refractivity contribution in [1.29, 1.82) is 0 Å². The summed E-state index contributed by atoms with van der Waals surface area (Å²) >= 11 is 0. The summed E-state index contributed by atoms with van der Waals surface area (Å²) in [5.74, 6) is 0.179. The van der Waals surface area contributed by atoms with Gasteiger partial charge >= 0.3 is 0 Å². The monoisotopic (exact) mass is 177 g/mol. The summed E-state index contributed by atoms with van der Waals surface area (Å²) < 4.78 is 0. The SMILES string of the molecule is CCN1Cc2ccc(O)cc2C1=O. The number of fused-ring (bicyclic) bond motifs is 1. The van der Waals surface area contributed by atoms with Gasteiger partial charge in [0, 0.05) is 18.7 Å². The Morgan fingerprint density at radius 3 is 3.00 bits per heavy atom. The molecule has 0 spiro atoms. The third kappa shape index (κ3) is 1.16. The van der Waals surface area contributed by atoms with Crippen molar-refractivity contribution < 1.29 is 9.90 Å². The molecule has 1 aromatic rings. The lowest BCUT2D eigenvalue weighted by atomic mass is 10.1. The molecule has 0 unspecified atom stereocenters. The number of carbonyl (C=O) groups is 1. The fraction of sp³-hybridized carbons (Fsp3) is 0.300. The van der Waals surface area contributed by atoms with Crippen molar-refractivity contribution in [1.82, 2.24) is 4.90 Å². The number of aromatic hydroxyl groups is 1. The van der Waals surface area contributed by atoms with Gasteiger partial charge in [-0.05, 0) is 24.6 Å². The highest BCUT2D eigenvalue weighted by Crippen LogP contribution is 2.25. The van der Waals surface area contributed by atoms with Gasteiger partial charge in [0.1, 0.15) is 5.75 Å². The standard InChI is InChI=1S/C10H11NO2/c1-2-11-6-7-3-4-8(12)5-9(7)10(11)13/h3-5,12H,2,6H2,1H3. The van der Waals surface area contributed by atoms with E-state index in [1.54, 1.807) is 17.0 Å². The fourth-order valence-electron chi connectivity index (χ4n) is 1.60. The van der Waals surface area contributed by atoms with E-state index in [4.69, 9.17) is 0 Å². The zero-order valence-electron chi connectivity index (χ0n) is 7.45. The molecule has 3 nitrogen and oxygen atoms in total. The molecular formula is C10H11NO2. The number of rotatable bonds is 1. The van der Waals surface area contributed by atoms with Gasteiger partial charge in [0.05, 0.1) is 0 Å². The minimum Gasteiger partial charge on any atom is -0.508 e. The maximum absolute atomic E-state index is 11.6. The van der Waals surface area contributed by atoms with Crippen LogP contribution >= 0.6 is 0 Å². The van der Waals surface area contributed by atoms with Crippen LogP contribution in [0.5, 0.6) is 5.75 Å². The molecule has 0 bridgehead atoms. The Morgan fingerprint density at radius 2 is 2.31 bits per heavy atom. The largest absolute Gasteiger partial charge is 0.508 e. The maximum atomic E-state index is 11.6. The predicted octanol–water partition coefficient (Wildman–Crippen LogP) is 1.37. The van der Waals surface area contributed by atoms with Crippen molar-refractivity contribution >= 4 is 5.91 Å². The average molecular weight is 177 g/mol. The molecule has 0 fully saturated rings. The topological polar surface area (TPSA) is 40.5 Å². The lowest BCUT2D eigenvalue weighted by Crippen LogP contribution is -2.22. The Hall–Kier alpha value is -1.51. The number of phenols is 1. The number of hydrogen-bond donors (Lipinski definition) is 1. The second-order valence-corrected chi connectivity index (χ2v) is 3.16. The van der Waals surface area contributed by atoms with Crippen LogP contribution in [-0.4, -0.2) is 22.5 Å². The third-order valence-corrected chi connectivity index (χ3v) is 2.35. The van der Waals surface area contributed by atoms with E-state index < -0.39 is 0 Å². The van der Waals surface area contributed by atoms with E-state index in [2.05, 4.69) is 0 Å². The molecule has 0 saturated carbocycles. The molecule has 13 heavy (non-hydrogen) atoms. The summed E-state index contributed by atoms with van der Waals surface area (Å²) in [7, 11) is 0. The molecule has 2 rings (SSSR count). The van der Waals surface area contributed by atoms with Gasteiger partial charge in [-0.2, -0.15) is 0 Å². The summed E-state index contributed by atoms with van der Waals surface area (Å²) in [6, 6.07) is 4.96. The molecule has 1 aliphatic heterocycles. The zero-order valence-corrected chi connectivity index (χ0v) is 7.45. The Kier molecular flexibility index (Phi) is 1.72. The number of nitrogens with zero attached hydrogens (tertiary/aromatic N) is 1. The van der Waals surface area contributed by atoms with Crippen molar-refractivity contribution in [3.63, 3.8) is 0 Å². The van der Waals surface area contributed by atoms with Crippen molar-refractivity contribution in [3.05, 3.63) is 29.3 Å². The molecule has 0 atom stereocenters. The van der Waals surface area contributed by atoms with E-state index >= 15 is 0 Å². The average Bonchev–Trinajstić information content (AvgIpc) is 2.44. The Labute approximate surface area is 76.6 Å². The van der Waals surface area contributed by atoms with Crippen LogP contribution in [0.4, 0.5) is 0 Å². The van der Waals surface area contributed by atoms with E-state index in [9.17, 15) is 9.90 Å². The molecule has 1 amide bonds. The molecule has 0 radical (unpaired) electrons. The third-order valence-electron chi connectivity index (χ3n) is 2.35. The first-order valence-electron chi connectivity index (χ1n) is 4.33. The molecule has 0 aromatic heterocycles. The van der Waals surface area contributed by atoms with E-state index in [1.807, 2.05) is 6.92 Å². The van der Waals surface area contributed by atoms with Gasteiger partial charge in [-0.15, -0.1) is 0 Å². The molecule has 0 aliphatic carbocycles. The molecule has 3 heteroatoms. The molecule has 68 valence electrons.